The number of benzene rings is 1. The van der Waals surface area contributed by atoms with Crippen LogP contribution in [0.2, 0.25) is 0 Å². The van der Waals surface area contributed by atoms with Gasteiger partial charge in [-0.3, -0.25) is 4.90 Å². The van der Waals surface area contributed by atoms with E-state index in [1.165, 1.54) is 49.8 Å². The summed E-state index contributed by atoms with van der Waals surface area (Å²) in [6, 6.07) is 8.62. The van der Waals surface area contributed by atoms with Crippen molar-refractivity contribution in [3.63, 3.8) is 0 Å². The van der Waals surface area contributed by atoms with Crippen molar-refractivity contribution in [2.45, 2.75) is 50.2 Å². The fraction of sp³-hybridized carbons (Fsp3) is 0.667. The number of hydrogen-bond acceptors (Lipinski definition) is 3. The summed E-state index contributed by atoms with van der Waals surface area (Å²) in [6.45, 7) is 1.33. The summed E-state index contributed by atoms with van der Waals surface area (Å²) in [5.74, 6) is 1.96. The molecule has 3 nitrogen and oxygen atoms in total. The molecule has 3 aliphatic rings. The van der Waals surface area contributed by atoms with E-state index < -0.39 is 0 Å². The van der Waals surface area contributed by atoms with Crippen LogP contribution in [0.15, 0.2) is 18.2 Å². The van der Waals surface area contributed by atoms with Gasteiger partial charge < -0.3 is 10.1 Å². The van der Waals surface area contributed by atoms with E-state index in [9.17, 15) is 0 Å². The topological polar surface area (TPSA) is 24.5 Å². The molecule has 1 N–H and O–H groups in total. The number of nitrogens with zero attached hydrogens (tertiary/aromatic N) is 1. The zero-order valence-electron chi connectivity index (χ0n) is 13.1. The first-order valence-corrected chi connectivity index (χ1v) is 8.40. The molecule has 0 aromatic heterocycles. The number of likely N-dealkylation sites (N-methyl/N-ethyl adjacent to an activating group) is 1. The fourth-order valence-electron chi connectivity index (χ4n) is 4.98. The summed E-state index contributed by atoms with van der Waals surface area (Å²) in [7, 11) is 3.87. The van der Waals surface area contributed by atoms with Gasteiger partial charge in [-0.15, -0.1) is 0 Å². The van der Waals surface area contributed by atoms with Crippen molar-refractivity contribution < 1.29 is 4.74 Å². The predicted molar refractivity (Wildman–Crippen MR) is 84.7 cm³/mol. The largest absolute Gasteiger partial charge is 0.497 e. The Bertz CT molecular complexity index is 530. The average Bonchev–Trinajstić information content (AvgIpc) is 3.16. The summed E-state index contributed by atoms with van der Waals surface area (Å²) < 4.78 is 5.39. The molecule has 114 valence electrons. The van der Waals surface area contributed by atoms with Crippen molar-refractivity contribution in [1.29, 1.82) is 0 Å². The van der Waals surface area contributed by atoms with Crippen LogP contribution in [0.1, 0.15) is 42.9 Å². The Morgan fingerprint density at radius 2 is 2.14 bits per heavy atom. The van der Waals surface area contributed by atoms with Crippen molar-refractivity contribution in [2.24, 2.45) is 5.92 Å². The second-order valence-corrected chi connectivity index (χ2v) is 6.97. The number of methoxy groups -OCH3 is 1. The van der Waals surface area contributed by atoms with E-state index in [0.29, 0.717) is 12.1 Å². The van der Waals surface area contributed by atoms with Gasteiger partial charge in [-0.1, -0.05) is 6.07 Å². The fourth-order valence-corrected chi connectivity index (χ4v) is 4.98. The van der Waals surface area contributed by atoms with Gasteiger partial charge in [0.1, 0.15) is 5.75 Å². The van der Waals surface area contributed by atoms with E-state index in [0.717, 1.165) is 17.7 Å². The van der Waals surface area contributed by atoms with E-state index in [1.54, 1.807) is 7.11 Å². The molecule has 4 atom stereocenters. The van der Waals surface area contributed by atoms with E-state index in [4.69, 9.17) is 4.74 Å². The van der Waals surface area contributed by atoms with Crippen molar-refractivity contribution in [2.75, 3.05) is 20.7 Å². The molecule has 1 aliphatic heterocycles. The Kier molecular flexibility index (Phi) is 3.43. The number of fused-ring (bicyclic) bond motifs is 3. The smallest absolute Gasteiger partial charge is 0.119 e. The Morgan fingerprint density at radius 3 is 2.81 bits per heavy atom. The lowest BCUT2D eigenvalue weighted by Gasteiger charge is -2.43. The molecule has 2 aliphatic carbocycles. The van der Waals surface area contributed by atoms with E-state index in [2.05, 4.69) is 35.5 Å². The Morgan fingerprint density at radius 1 is 1.24 bits per heavy atom. The highest BCUT2D eigenvalue weighted by Crippen LogP contribution is 2.43. The van der Waals surface area contributed by atoms with Crippen molar-refractivity contribution >= 4 is 0 Å². The van der Waals surface area contributed by atoms with Gasteiger partial charge in [0.05, 0.1) is 7.11 Å². The van der Waals surface area contributed by atoms with Gasteiger partial charge in [0, 0.05) is 24.7 Å². The minimum atomic E-state index is 0.471. The maximum absolute atomic E-state index is 5.39. The number of piperidine rings is 1. The molecular weight excluding hydrogens is 260 g/mol. The molecule has 1 aromatic carbocycles. The zero-order chi connectivity index (χ0) is 14.4. The first-order chi connectivity index (χ1) is 10.3. The van der Waals surface area contributed by atoms with Crippen molar-refractivity contribution in [3.05, 3.63) is 29.3 Å². The molecule has 21 heavy (non-hydrogen) atoms. The Labute approximate surface area is 127 Å². The highest BCUT2D eigenvalue weighted by Gasteiger charge is 2.44. The number of hydrogen-bond donors (Lipinski definition) is 1. The van der Waals surface area contributed by atoms with Crippen LogP contribution < -0.4 is 10.1 Å². The minimum absolute atomic E-state index is 0.471. The normalized spacial score (nSPS) is 35.0. The monoisotopic (exact) mass is 286 g/mol. The summed E-state index contributed by atoms with van der Waals surface area (Å²) in [5, 5.41) is 3.60. The Hall–Kier alpha value is -1.06. The van der Waals surface area contributed by atoms with Gasteiger partial charge >= 0.3 is 0 Å². The Balaban J connectivity index is 1.62. The average molecular weight is 286 g/mol. The summed E-state index contributed by atoms with van der Waals surface area (Å²) in [4.78, 5) is 2.82. The molecule has 0 amide bonds. The molecule has 0 radical (unpaired) electrons. The van der Waals surface area contributed by atoms with Gasteiger partial charge in [0.15, 0.2) is 0 Å². The molecule has 1 saturated heterocycles. The molecule has 2 bridgehead atoms. The van der Waals surface area contributed by atoms with Crippen LogP contribution in [0, 0.1) is 5.92 Å². The second kappa shape index (κ2) is 5.29. The predicted octanol–water partition coefficient (Wildman–Crippen LogP) is 2.75. The maximum atomic E-state index is 5.39. The molecule has 2 fully saturated rings. The van der Waals surface area contributed by atoms with Gasteiger partial charge in [0.2, 0.25) is 0 Å². The highest BCUT2D eigenvalue weighted by molar-refractivity contribution is 5.40. The molecule has 4 unspecified atom stereocenters. The van der Waals surface area contributed by atoms with Gasteiger partial charge in [-0.25, -0.2) is 0 Å². The quantitative estimate of drug-likeness (QED) is 0.924. The third-order valence-electron chi connectivity index (χ3n) is 5.97. The summed E-state index contributed by atoms with van der Waals surface area (Å²) >= 11 is 0. The van der Waals surface area contributed by atoms with Crippen LogP contribution in [0.5, 0.6) is 5.75 Å². The minimum Gasteiger partial charge on any atom is -0.497 e. The number of rotatable bonds is 3. The van der Waals surface area contributed by atoms with Gasteiger partial charge in [0.25, 0.3) is 0 Å². The van der Waals surface area contributed by atoms with Crippen LogP contribution in [0.25, 0.3) is 0 Å². The first kappa shape index (κ1) is 13.6. The molecule has 1 aromatic rings. The highest BCUT2D eigenvalue weighted by atomic mass is 16.5. The number of likely N-dealkylation sites (tertiary alicyclic amines) is 1. The van der Waals surface area contributed by atoms with Crippen molar-refractivity contribution in [1.82, 2.24) is 10.2 Å². The maximum Gasteiger partial charge on any atom is 0.119 e. The second-order valence-electron chi connectivity index (χ2n) is 6.97. The van der Waals surface area contributed by atoms with Crippen molar-refractivity contribution in [3.8, 4) is 5.75 Å². The van der Waals surface area contributed by atoms with Crippen LogP contribution in [0.4, 0.5) is 0 Å². The number of nitrogens with one attached hydrogen (secondary N) is 1. The molecule has 0 spiro atoms. The SMILES string of the molecule is CNC1c2ccc(OC)cc2CCC1N1CC2CCC1C2. The van der Waals surface area contributed by atoms with Crippen LogP contribution in [-0.2, 0) is 6.42 Å². The van der Waals surface area contributed by atoms with Crippen LogP contribution >= 0.6 is 0 Å². The molecule has 3 heteroatoms. The molecule has 1 saturated carbocycles. The molecular formula is C18H26N2O. The summed E-state index contributed by atoms with van der Waals surface area (Å²) in [5.41, 5.74) is 2.95. The third-order valence-corrected chi connectivity index (χ3v) is 5.97. The third kappa shape index (κ3) is 2.18. The lowest BCUT2D eigenvalue weighted by Crippen LogP contribution is -2.49. The van der Waals surface area contributed by atoms with E-state index in [1.807, 2.05) is 0 Å². The van der Waals surface area contributed by atoms with Crippen LogP contribution in [-0.4, -0.2) is 37.7 Å². The molecule has 4 rings (SSSR count). The van der Waals surface area contributed by atoms with Gasteiger partial charge in [-0.05, 0) is 68.3 Å². The lowest BCUT2D eigenvalue weighted by molar-refractivity contribution is 0.107. The number of ether oxygens (including phenoxy) is 1. The van der Waals surface area contributed by atoms with E-state index in [-0.39, 0.29) is 0 Å². The number of aryl methyl sites for hydroxylation is 1. The first-order valence-electron chi connectivity index (χ1n) is 8.40. The lowest BCUT2D eigenvalue weighted by atomic mass is 9.82. The summed E-state index contributed by atoms with van der Waals surface area (Å²) in [6.07, 6.45) is 6.79. The van der Waals surface area contributed by atoms with E-state index >= 15 is 0 Å². The standard InChI is InChI=1S/C18H26N2O/c1-19-18-16-7-6-15(21-2)10-13(16)4-8-17(18)20-11-12-3-5-14(20)9-12/h6-7,10,12,14,17-19H,3-5,8-9,11H2,1-2H3. The molecule has 1 heterocycles. The van der Waals surface area contributed by atoms with Gasteiger partial charge in [-0.2, -0.15) is 0 Å². The zero-order valence-corrected chi connectivity index (χ0v) is 13.1. The van der Waals surface area contributed by atoms with Crippen LogP contribution in [0.3, 0.4) is 0 Å².